The van der Waals surface area contributed by atoms with E-state index in [1.807, 2.05) is 12.3 Å². The van der Waals surface area contributed by atoms with E-state index in [-0.39, 0.29) is 5.91 Å². The smallest absolute Gasteiger partial charge is 0.220 e. The molecule has 1 saturated carbocycles. The largest absolute Gasteiger partial charge is 0.356 e. The zero-order chi connectivity index (χ0) is 15.2. The number of piperidine rings is 1. The maximum Gasteiger partial charge on any atom is 0.220 e. The Labute approximate surface area is 133 Å². The molecule has 2 aliphatic rings. The van der Waals surface area contributed by atoms with E-state index in [0.29, 0.717) is 18.9 Å². The molecule has 1 aliphatic heterocycles. The predicted molar refractivity (Wildman–Crippen MR) is 88.7 cm³/mol. The number of hydrogen-bond acceptors (Lipinski definition) is 3. The van der Waals surface area contributed by atoms with Crippen molar-refractivity contribution >= 4 is 11.7 Å². The van der Waals surface area contributed by atoms with Gasteiger partial charge >= 0.3 is 0 Å². The highest BCUT2D eigenvalue weighted by Crippen LogP contribution is 2.27. The van der Waals surface area contributed by atoms with Crippen molar-refractivity contribution in [1.29, 1.82) is 0 Å². The van der Waals surface area contributed by atoms with Gasteiger partial charge < -0.3 is 10.2 Å². The van der Waals surface area contributed by atoms with Gasteiger partial charge in [-0.25, -0.2) is 4.98 Å². The number of carbonyl (C=O) groups is 1. The summed E-state index contributed by atoms with van der Waals surface area (Å²) in [6.45, 7) is 2.77. The van der Waals surface area contributed by atoms with Gasteiger partial charge in [0, 0.05) is 37.8 Å². The average Bonchev–Trinajstić information content (AvgIpc) is 3.07. The van der Waals surface area contributed by atoms with E-state index < -0.39 is 0 Å². The minimum atomic E-state index is 0.195. The van der Waals surface area contributed by atoms with Crippen molar-refractivity contribution in [2.45, 2.75) is 57.9 Å². The van der Waals surface area contributed by atoms with Crippen LogP contribution < -0.4 is 10.2 Å². The van der Waals surface area contributed by atoms with Crippen LogP contribution in [0.25, 0.3) is 0 Å². The molecule has 120 valence electrons. The number of nitrogens with zero attached hydrogens (tertiary/aromatic N) is 2. The molecule has 0 aromatic carbocycles. The number of amides is 1. The lowest BCUT2D eigenvalue weighted by Gasteiger charge is -2.29. The summed E-state index contributed by atoms with van der Waals surface area (Å²) in [7, 11) is 0. The van der Waals surface area contributed by atoms with Gasteiger partial charge in [-0.05, 0) is 44.1 Å². The second-order valence-electron chi connectivity index (χ2n) is 6.67. The average molecular weight is 301 g/mol. The van der Waals surface area contributed by atoms with Gasteiger partial charge in [0.1, 0.15) is 5.82 Å². The van der Waals surface area contributed by atoms with Gasteiger partial charge in [-0.2, -0.15) is 0 Å². The van der Waals surface area contributed by atoms with E-state index in [4.69, 9.17) is 0 Å². The standard InChI is InChI=1S/C18H27N3O/c22-17(13-15-7-2-3-8-15)20-14-16-9-6-10-19-18(16)21-11-4-1-5-12-21/h6,9-10,15H,1-5,7-8,11-14H2,(H,20,22). The first-order valence-corrected chi connectivity index (χ1v) is 8.78. The van der Waals surface area contributed by atoms with Crippen molar-refractivity contribution in [3.05, 3.63) is 23.9 Å². The fourth-order valence-electron chi connectivity index (χ4n) is 3.70. The van der Waals surface area contributed by atoms with Crippen molar-refractivity contribution in [3.8, 4) is 0 Å². The molecule has 3 rings (SSSR count). The first-order chi connectivity index (χ1) is 10.8. The van der Waals surface area contributed by atoms with Crippen LogP contribution in [0.1, 0.15) is 56.9 Å². The summed E-state index contributed by atoms with van der Waals surface area (Å²) < 4.78 is 0. The Morgan fingerprint density at radius 1 is 1.18 bits per heavy atom. The van der Waals surface area contributed by atoms with Gasteiger partial charge in [-0.3, -0.25) is 4.79 Å². The van der Waals surface area contributed by atoms with E-state index in [2.05, 4.69) is 21.3 Å². The molecule has 0 radical (unpaired) electrons. The van der Waals surface area contributed by atoms with E-state index >= 15 is 0 Å². The van der Waals surface area contributed by atoms with Gasteiger partial charge in [0.05, 0.1) is 0 Å². The highest BCUT2D eigenvalue weighted by molar-refractivity contribution is 5.76. The Morgan fingerprint density at radius 3 is 2.73 bits per heavy atom. The maximum absolute atomic E-state index is 12.1. The second kappa shape index (κ2) is 7.61. The van der Waals surface area contributed by atoms with Crippen molar-refractivity contribution in [1.82, 2.24) is 10.3 Å². The Morgan fingerprint density at radius 2 is 1.95 bits per heavy atom. The maximum atomic E-state index is 12.1. The number of nitrogens with one attached hydrogen (secondary N) is 1. The van der Waals surface area contributed by atoms with Gasteiger partial charge in [-0.15, -0.1) is 0 Å². The molecule has 1 N–H and O–H groups in total. The summed E-state index contributed by atoms with van der Waals surface area (Å²) in [5.41, 5.74) is 1.14. The van der Waals surface area contributed by atoms with Crippen LogP contribution in [-0.4, -0.2) is 24.0 Å². The molecule has 4 nitrogen and oxygen atoms in total. The third-order valence-corrected chi connectivity index (χ3v) is 4.95. The van der Waals surface area contributed by atoms with E-state index in [0.717, 1.165) is 24.5 Å². The Kier molecular flexibility index (Phi) is 5.30. The molecule has 1 amide bonds. The number of hydrogen-bond donors (Lipinski definition) is 1. The highest BCUT2D eigenvalue weighted by Gasteiger charge is 2.19. The van der Waals surface area contributed by atoms with Crippen molar-refractivity contribution in [3.63, 3.8) is 0 Å². The molecule has 0 atom stereocenters. The number of rotatable bonds is 5. The highest BCUT2D eigenvalue weighted by atomic mass is 16.1. The lowest BCUT2D eigenvalue weighted by atomic mass is 10.0. The molecule has 4 heteroatoms. The van der Waals surface area contributed by atoms with Gasteiger partial charge in [0.2, 0.25) is 5.91 Å². The molecule has 2 heterocycles. The molecule has 0 bridgehead atoms. The van der Waals surface area contributed by atoms with E-state index in [1.165, 1.54) is 44.9 Å². The van der Waals surface area contributed by atoms with Crippen LogP contribution in [0.2, 0.25) is 0 Å². The summed E-state index contributed by atoms with van der Waals surface area (Å²) in [4.78, 5) is 19.0. The topological polar surface area (TPSA) is 45.2 Å². The zero-order valence-electron chi connectivity index (χ0n) is 13.4. The SMILES string of the molecule is O=C(CC1CCCC1)NCc1cccnc1N1CCCCC1. The van der Waals surface area contributed by atoms with E-state index in [9.17, 15) is 4.79 Å². The first-order valence-electron chi connectivity index (χ1n) is 8.78. The number of aromatic nitrogens is 1. The third-order valence-electron chi connectivity index (χ3n) is 4.95. The fourth-order valence-corrected chi connectivity index (χ4v) is 3.70. The van der Waals surface area contributed by atoms with Crippen molar-refractivity contribution in [2.75, 3.05) is 18.0 Å². The minimum Gasteiger partial charge on any atom is -0.356 e. The molecule has 1 aromatic heterocycles. The van der Waals surface area contributed by atoms with Crippen LogP contribution >= 0.6 is 0 Å². The molecule has 22 heavy (non-hydrogen) atoms. The molecule has 0 unspecified atom stereocenters. The molecule has 1 aromatic rings. The molecular weight excluding hydrogens is 274 g/mol. The summed E-state index contributed by atoms with van der Waals surface area (Å²) >= 11 is 0. The quantitative estimate of drug-likeness (QED) is 0.908. The fraction of sp³-hybridized carbons (Fsp3) is 0.667. The normalized spacial score (nSPS) is 19.4. The van der Waals surface area contributed by atoms with Crippen molar-refractivity contribution < 1.29 is 4.79 Å². The first kappa shape index (κ1) is 15.3. The monoisotopic (exact) mass is 301 g/mol. The van der Waals surface area contributed by atoms with Crippen molar-refractivity contribution in [2.24, 2.45) is 5.92 Å². The minimum absolute atomic E-state index is 0.195. The summed E-state index contributed by atoms with van der Waals surface area (Å²) in [6.07, 6.45) is 11.4. The summed E-state index contributed by atoms with van der Waals surface area (Å²) in [6, 6.07) is 4.05. The summed E-state index contributed by atoms with van der Waals surface area (Å²) in [5.74, 6) is 1.86. The Bertz CT molecular complexity index is 491. The number of carbonyl (C=O) groups excluding carboxylic acids is 1. The molecule has 0 spiro atoms. The molecule has 2 fully saturated rings. The molecule has 1 aliphatic carbocycles. The number of anilines is 1. The van der Waals surface area contributed by atoms with Crippen LogP contribution in [0.15, 0.2) is 18.3 Å². The van der Waals surface area contributed by atoms with Crippen LogP contribution in [0.4, 0.5) is 5.82 Å². The number of pyridine rings is 1. The molecule has 1 saturated heterocycles. The van der Waals surface area contributed by atoms with Crippen LogP contribution in [0, 0.1) is 5.92 Å². The van der Waals surface area contributed by atoms with Gasteiger partial charge in [-0.1, -0.05) is 18.9 Å². The lowest BCUT2D eigenvalue weighted by Crippen LogP contribution is -2.32. The van der Waals surface area contributed by atoms with Gasteiger partial charge in [0.25, 0.3) is 0 Å². The van der Waals surface area contributed by atoms with Crippen LogP contribution in [0.3, 0.4) is 0 Å². The third kappa shape index (κ3) is 3.99. The van der Waals surface area contributed by atoms with Crippen LogP contribution in [-0.2, 0) is 11.3 Å². The predicted octanol–water partition coefficient (Wildman–Crippen LogP) is 3.27. The Balaban J connectivity index is 1.56. The zero-order valence-corrected chi connectivity index (χ0v) is 13.4. The van der Waals surface area contributed by atoms with Gasteiger partial charge in [0.15, 0.2) is 0 Å². The van der Waals surface area contributed by atoms with E-state index in [1.54, 1.807) is 0 Å². The summed E-state index contributed by atoms with van der Waals surface area (Å²) in [5, 5.41) is 3.10. The lowest BCUT2D eigenvalue weighted by molar-refractivity contribution is -0.122. The van der Waals surface area contributed by atoms with Crippen LogP contribution in [0.5, 0.6) is 0 Å². The Hall–Kier alpha value is -1.58. The second-order valence-corrected chi connectivity index (χ2v) is 6.67. The molecular formula is C18H27N3O.